The van der Waals surface area contributed by atoms with Gasteiger partial charge in [-0.05, 0) is 19.3 Å². The lowest BCUT2D eigenvalue weighted by Gasteiger charge is -2.13. The van der Waals surface area contributed by atoms with Gasteiger partial charge in [0.25, 0.3) is 0 Å². The summed E-state index contributed by atoms with van der Waals surface area (Å²) >= 11 is 0. The molecular weight excluding hydrogens is 372 g/mol. The first-order chi connectivity index (χ1) is 14.2. The van der Waals surface area contributed by atoms with Crippen LogP contribution in [-0.2, 0) is 35.5 Å². The summed E-state index contributed by atoms with van der Waals surface area (Å²) in [6.07, 6.45) is 2.90. The van der Waals surface area contributed by atoms with E-state index in [1.807, 2.05) is 35.0 Å². The molecule has 3 heterocycles. The Morgan fingerprint density at radius 3 is 2.86 bits per heavy atom. The number of carbonyl (C=O) groups excluding carboxylic acids is 2. The van der Waals surface area contributed by atoms with Crippen LogP contribution < -0.4 is 5.32 Å². The minimum absolute atomic E-state index is 0.0808. The molecule has 0 atom stereocenters. The van der Waals surface area contributed by atoms with Gasteiger partial charge in [-0.25, -0.2) is 4.79 Å². The average molecular weight is 394 g/mol. The number of benzene rings is 1. The Labute approximate surface area is 167 Å². The van der Waals surface area contributed by atoms with Gasteiger partial charge in [-0.3, -0.25) is 9.48 Å². The minimum Gasteiger partial charge on any atom is -0.465 e. The van der Waals surface area contributed by atoms with E-state index in [4.69, 9.17) is 9.26 Å². The molecule has 3 aromatic rings. The highest BCUT2D eigenvalue weighted by atomic mass is 16.5. The lowest BCUT2D eigenvalue weighted by Crippen LogP contribution is -2.26. The van der Waals surface area contributed by atoms with Crippen molar-refractivity contribution in [2.75, 3.05) is 7.11 Å². The summed E-state index contributed by atoms with van der Waals surface area (Å²) in [4.78, 5) is 24.6. The molecule has 0 bridgehead atoms. The molecule has 1 aliphatic heterocycles. The van der Waals surface area contributed by atoms with Crippen LogP contribution in [0.1, 0.15) is 40.3 Å². The second-order valence-electron chi connectivity index (χ2n) is 6.94. The van der Waals surface area contributed by atoms with Gasteiger partial charge in [0.15, 0.2) is 5.76 Å². The predicted octanol–water partition coefficient (Wildman–Crippen LogP) is 2.52. The monoisotopic (exact) mass is 394 g/mol. The largest absolute Gasteiger partial charge is 0.465 e. The fourth-order valence-corrected chi connectivity index (χ4v) is 3.55. The van der Waals surface area contributed by atoms with Crippen LogP contribution in [0.2, 0.25) is 0 Å². The summed E-state index contributed by atoms with van der Waals surface area (Å²) in [6, 6.07) is 11.3. The molecule has 0 aliphatic carbocycles. The van der Waals surface area contributed by atoms with Crippen LogP contribution in [0.25, 0.3) is 11.3 Å². The van der Waals surface area contributed by atoms with Crippen molar-refractivity contribution < 1.29 is 18.8 Å². The number of ether oxygens (including phenoxy) is 1. The molecule has 8 nitrogen and oxygen atoms in total. The van der Waals surface area contributed by atoms with Gasteiger partial charge in [-0.15, -0.1) is 0 Å². The topological polar surface area (TPSA) is 99.2 Å². The van der Waals surface area contributed by atoms with E-state index in [1.165, 1.54) is 7.11 Å². The maximum absolute atomic E-state index is 12.4. The number of methoxy groups -OCH3 is 1. The van der Waals surface area contributed by atoms with E-state index in [2.05, 4.69) is 15.6 Å². The smallest absolute Gasteiger partial charge is 0.341 e. The van der Waals surface area contributed by atoms with E-state index in [9.17, 15) is 9.59 Å². The third kappa shape index (κ3) is 4.06. The van der Waals surface area contributed by atoms with E-state index in [1.54, 1.807) is 6.07 Å². The first kappa shape index (κ1) is 18.9. The van der Waals surface area contributed by atoms with Crippen LogP contribution in [0.3, 0.4) is 0 Å². The van der Waals surface area contributed by atoms with E-state index < -0.39 is 5.97 Å². The Morgan fingerprint density at radius 1 is 1.24 bits per heavy atom. The SMILES string of the molecule is COC(=O)c1c(CNC(=O)Cc2cc(-c3ccccc3)on2)nn2c1CCCC2. The highest BCUT2D eigenvalue weighted by Gasteiger charge is 2.26. The van der Waals surface area contributed by atoms with Crippen molar-refractivity contribution in [3.63, 3.8) is 0 Å². The van der Waals surface area contributed by atoms with Crippen LogP contribution in [0.4, 0.5) is 0 Å². The summed E-state index contributed by atoms with van der Waals surface area (Å²) in [7, 11) is 1.35. The van der Waals surface area contributed by atoms with Gasteiger partial charge in [-0.2, -0.15) is 5.10 Å². The maximum Gasteiger partial charge on any atom is 0.341 e. The van der Waals surface area contributed by atoms with E-state index in [-0.39, 0.29) is 18.9 Å². The Kier molecular flexibility index (Phi) is 5.41. The molecule has 1 N–H and O–H groups in total. The summed E-state index contributed by atoms with van der Waals surface area (Å²) in [5, 5.41) is 11.3. The van der Waals surface area contributed by atoms with Gasteiger partial charge in [0.1, 0.15) is 5.56 Å². The first-order valence-electron chi connectivity index (χ1n) is 9.60. The van der Waals surface area contributed by atoms with Crippen molar-refractivity contribution in [1.82, 2.24) is 20.3 Å². The van der Waals surface area contributed by atoms with Gasteiger partial charge in [0, 0.05) is 18.2 Å². The summed E-state index contributed by atoms with van der Waals surface area (Å²) in [5.41, 5.74) is 3.33. The lowest BCUT2D eigenvalue weighted by atomic mass is 10.0. The van der Waals surface area contributed by atoms with Crippen LogP contribution in [0.15, 0.2) is 40.9 Å². The van der Waals surface area contributed by atoms with Gasteiger partial charge in [0.2, 0.25) is 5.91 Å². The molecule has 1 aromatic carbocycles. The van der Waals surface area contributed by atoms with Crippen LogP contribution in [0.5, 0.6) is 0 Å². The molecule has 29 heavy (non-hydrogen) atoms. The fraction of sp³-hybridized carbons (Fsp3) is 0.333. The number of aromatic nitrogens is 3. The van der Waals surface area contributed by atoms with Gasteiger partial charge < -0.3 is 14.6 Å². The first-order valence-corrected chi connectivity index (χ1v) is 9.60. The highest BCUT2D eigenvalue weighted by Crippen LogP contribution is 2.23. The number of nitrogens with zero attached hydrogens (tertiary/aromatic N) is 3. The number of amides is 1. The van der Waals surface area contributed by atoms with Crippen molar-refractivity contribution in [3.05, 3.63) is 59.0 Å². The van der Waals surface area contributed by atoms with Crippen LogP contribution in [-0.4, -0.2) is 33.9 Å². The number of esters is 1. The molecule has 0 fully saturated rings. The minimum atomic E-state index is -0.415. The fourth-order valence-electron chi connectivity index (χ4n) is 3.55. The third-order valence-electron chi connectivity index (χ3n) is 4.97. The summed E-state index contributed by atoms with van der Waals surface area (Å²) in [6.45, 7) is 0.932. The number of hydrogen-bond donors (Lipinski definition) is 1. The molecule has 0 saturated heterocycles. The summed E-state index contributed by atoms with van der Waals surface area (Å²) in [5.74, 6) is -0.0238. The third-order valence-corrected chi connectivity index (χ3v) is 4.97. The predicted molar refractivity (Wildman–Crippen MR) is 104 cm³/mol. The molecule has 2 aromatic heterocycles. The van der Waals surface area contributed by atoms with Gasteiger partial charge >= 0.3 is 5.97 Å². The van der Waals surface area contributed by atoms with Crippen molar-refractivity contribution in [2.24, 2.45) is 0 Å². The Hall–Kier alpha value is -3.42. The van der Waals surface area contributed by atoms with Crippen molar-refractivity contribution in [1.29, 1.82) is 0 Å². The second kappa shape index (κ2) is 8.30. The number of aryl methyl sites for hydroxylation is 1. The zero-order chi connectivity index (χ0) is 20.2. The van der Waals surface area contributed by atoms with Crippen molar-refractivity contribution in [2.45, 2.75) is 38.8 Å². The normalized spacial score (nSPS) is 13.0. The van der Waals surface area contributed by atoms with Crippen LogP contribution >= 0.6 is 0 Å². The molecule has 0 unspecified atom stereocenters. The maximum atomic E-state index is 12.4. The molecule has 0 saturated carbocycles. The second-order valence-corrected chi connectivity index (χ2v) is 6.94. The van der Waals surface area contributed by atoms with Gasteiger partial charge in [-0.1, -0.05) is 35.5 Å². The zero-order valence-corrected chi connectivity index (χ0v) is 16.2. The molecule has 1 amide bonds. The molecule has 4 rings (SSSR count). The molecule has 150 valence electrons. The quantitative estimate of drug-likeness (QED) is 0.645. The molecule has 0 radical (unpaired) electrons. The average Bonchev–Trinajstić information content (AvgIpc) is 3.36. The highest BCUT2D eigenvalue weighted by molar-refractivity contribution is 5.92. The van der Waals surface area contributed by atoms with E-state index >= 15 is 0 Å². The molecular formula is C21H22N4O4. The Bertz CT molecular complexity index is 1020. The molecule has 8 heteroatoms. The van der Waals surface area contributed by atoms with Crippen molar-refractivity contribution >= 4 is 11.9 Å². The van der Waals surface area contributed by atoms with Gasteiger partial charge in [0.05, 0.1) is 37.2 Å². The molecule has 1 aliphatic rings. The number of fused-ring (bicyclic) bond motifs is 1. The van der Waals surface area contributed by atoms with Crippen molar-refractivity contribution in [3.8, 4) is 11.3 Å². The van der Waals surface area contributed by atoms with E-state index in [0.29, 0.717) is 22.7 Å². The zero-order valence-electron chi connectivity index (χ0n) is 16.2. The Balaban J connectivity index is 1.42. The van der Waals surface area contributed by atoms with E-state index in [0.717, 1.165) is 37.1 Å². The summed E-state index contributed by atoms with van der Waals surface area (Å²) < 4.78 is 12.1. The number of nitrogens with one attached hydrogen (secondary N) is 1. The lowest BCUT2D eigenvalue weighted by molar-refractivity contribution is -0.120. The number of rotatable bonds is 6. The molecule has 0 spiro atoms. The number of hydrogen-bond acceptors (Lipinski definition) is 6. The Morgan fingerprint density at radius 2 is 2.07 bits per heavy atom. The number of carbonyl (C=O) groups is 2. The van der Waals surface area contributed by atoms with Crippen LogP contribution in [0, 0.1) is 0 Å². The standard InChI is InChI=1S/C21H22N4O4/c1-28-21(27)20-16(23-25-10-6-5-9-17(20)25)13-22-19(26)12-15-11-18(29-24-15)14-7-3-2-4-8-14/h2-4,7-8,11H,5-6,9-10,12-13H2,1H3,(H,22,26).